The lowest BCUT2D eigenvalue weighted by Gasteiger charge is -2.16. The van der Waals surface area contributed by atoms with Crippen molar-refractivity contribution in [2.45, 2.75) is 18.6 Å². The van der Waals surface area contributed by atoms with Crippen molar-refractivity contribution in [3.05, 3.63) is 29.8 Å². The van der Waals surface area contributed by atoms with E-state index in [9.17, 15) is 17.6 Å². The Morgan fingerprint density at radius 1 is 1.39 bits per heavy atom. The lowest BCUT2D eigenvalue weighted by Crippen LogP contribution is -2.21. The van der Waals surface area contributed by atoms with Gasteiger partial charge in [0.05, 0.1) is 6.20 Å². The first kappa shape index (κ1) is 14.8. The molecule has 1 heterocycles. The Kier molecular flexibility index (Phi) is 5.49. The summed E-state index contributed by atoms with van der Waals surface area (Å²) < 4.78 is 53.0. The fourth-order valence-corrected chi connectivity index (χ4v) is 1.49. The molecule has 1 aromatic heterocycles. The van der Waals surface area contributed by atoms with Gasteiger partial charge in [0.15, 0.2) is 0 Å². The van der Waals surface area contributed by atoms with E-state index in [-0.39, 0.29) is 12.6 Å². The smallest absolute Gasteiger partial charge is 0.372 e. The van der Waals surface area contributed by atoms with Gasteiger partial charge < -0.3 is 10.1 Å². The van der Waals surface area contributed by atoms with Crippen LogP contribution < -0.4 is 5.32 Å². The quantitative estimate of drug-likeness (QED) is 0.634. The van der Waals surface area contributed by atoms with Gasteiger partial charge in [-0.25, -0.2) is 4.39 Å². The van der Waals surface area contributed by atoms with E-state index in [1.807, 2.05) is 0 Å². The van der Waals surface area contributed by atoms with Crippen molar-refractivity contribution in [2.24, 2.45) is 0 Å². The van der Waals surface area contributed by atoms with Crippen LogP contribution in [0.15, 0.2) is 18.5 Å². The first-order chi connectivity index (χ1) is 8.42. The van der Waals surface area contributed by atoms with Crippen LogP contribution in [0.1, 0.15) is 18.0 Å². The zero-order valence-electron chi connectivity index (χ0n) is 9.80. The number of hydrogen-bond acceptors (Lipinski definition) is 3. The zero-order chi connectivity index (χ0) is 13.6. The van der Waals surface area contributed by atoms with Crippen LogP contribution in [-0.4, -0.2) is 31.4 Å². The number of hydrogen-bond donors (Lipinski definition) is 1. The number of pyridine rings is 1. The van der Waals surface area contributed by atoms with Crippen molar-refractivity contribution in [1.29, 1.82) is 0 Å². The maximum Gasteiger partial charge on any atom is 0.411 e. The number of nitrogens with zero attached hydrogens (tertiary/aromatic N) is 1. The molecule has 1 rings (SSSR count). The Bertz CT molecular complexity index is 370. The molecule has 1 atom stereocenters. The maximum atomic E-state index is 12.9. The summed E-state index contributed by atoms with van der Waals surface area (Å²) in [7, 11) is 1.64. The minimum Gasteiger partial charge on any atom is -0.372 e. The molecule has 0 amide bonds. The van der Waals surface area contributed by atoms with Gasteiger partial charge in [0.2, 0.25) is 0 Å². The summed E-state index contributed by atoms with van der Waals surface area (Å²) in [5, 5.41) is 2.88. The molecule has 0 radical (unpaired) electrons. The number of nitrogens with one attached hydrogen (secondary N) is 1. The number of aromatic nitrogens is 1. The molecular formula is C11H14F4N2O. The summed E-state index contributed by atoms with van der Waals surface area (Å²) in [6.45, 7) is -1.34. The SMILES string of the molecule is CNC(CCOCC(F)(F)F)c1cncc(F)c1. The molecule has 3 nitrogen and oxygen atoms in total. The second-order valence-corrected chi connectivity index (χ2v) is 3.73. The van der Waals surface area contributed by atoms with Crippen LogP contribution in [0.4, 0.5) is 17.6 Å². The second kappa shape index (κ2) is 6.65. The average molecular weight is 266 g/mol. The van der Waals surface area contributed by atoms with Crippen LogP contribution in [0.5, 0.6) is 0 Å². The van der Waals surface area contributed by atoms with Gasteiger partial charge in [-0.05, 0) is 25.1 Å². The van der Waals surface area contributed by atoms with Gasteiger partial charge >= 0.3 is 6.18 Å². The van der Waals surface area contributed by atoms with E-state index >= 15 is 0 Å². The van der Waals surface area contributed by atoms with E-state index in [0.29, 0.717) is 12.0 Å². The molecule has 1 aromatic rings. The molecule has 0 saturated heterocycles. The molecule has 1 unspecified atom stereocenters. The third kappa shape index (κ3) is 5.42. The molecule has 102 valence electrons. The predicted octanol–water partition coefficient (Wildman–Crippen LogP) is 2.45. The van der Waals surface area contributed by atoms with Gasteiger partial charge in [0.1, 0.15) is 12.4 Å². The van der Waals surface area contributed by atoms with Crippen LogP contribution in [0.25, 0.3) is 0 Å². The first-order valence-corrected chi connectivity index (χ1v) is 5.34. The van der Waals surface area contributed by atoms with Crippen LogP contribution in [0.2, 0.25) is 0 Å². The van der Waals surface area contributed by atoms with E-state index in [4.69, 9.17) is 0 Å². The first-order valence-electron chi connectivity index (χ1n) is 5.34. The predicted molar refractivity (Wildman–Crippen MR) is 57.5 cm³/mol. The summed E-state index contributed by atoms with van der Waals surface area (Å²) in [5.41, 5.74) is 0.577. The van der Waals surface area contributed by atoms with Gasteiger partial charge in [-0.1, -0.05) is 0 Å². The van der Waals surface area contributed by atoms with Crippen LogP contribution in [0, 0.1) is 5.82 Å². The number of halogens is 4. The normalized spacial score (nSPS) is 13.6. The Labute approximate surface area is 102 Å². The van der Waals surface area contributed by atoms with Crippen molar-refractivity contribution >= 4 is 0 Å². The topological polar surface area (TPSA) is 34.1 Å². The lowest BCUT2D eigenvalue weighted by atomic mass is 10.1. The van der Waals surface area contributed by atoms with Crippen molar-refractivity contribution in [1.82, 2.24) is 10.3 Å². The molecule has 0 spiro atoms. The van der Waals surface area contributed by atoms with Gasteiger partial charge in [-0.15, -0.1) is 0 Å². The van der Waals surface area contributed by atoms with E-state index in [1.54, 1.807) is 7.05 Å². The summed E-state index contributed by atoms with van der Waals surface area (Å²) in [4.78, 5) is 3.68. The van der Waals surface area contributed by atoms with Crippen LogP contribution in [-0.2, 0) is 4.74 Å². The molecule has 0 aromatic carbocycles. The standard InChI is InChI=1S/C11H14F4N2O/c1-16-10(2-3-18-7-11(13,14)15)8-4-9(12)6-17-5-8/h4-6,10,16H,2-3,7H2,1H3. The number of alkyl halides is 3. The largest absolute Gasteiger partial charge is 0.411 e. The van der Waals surface area contributed by atoms with E-state index in [0.717, 1.165) is 6.20 Å². The van der Waals surface area contributed by atoms with E-state index < -0.39 is 18.6 Å². The van der Waals surface area contributed by atoms with Crippen molar-refractivity contribution in [3.63, 3.8) is 0 Å². The summed E-state index contributed by atoms with van der Waals surface area (Å²) in [6.07, 6.45) is -1.49. The third-order valence-corrected chi connectivity index (χ3v) is 2.29. The van der Waals surface area contributed by atoms with E-state index in [2.05, 4.69) is 15.0 Å². The summed E-state index contributed by atoms with van der Waals surface area (Å²) in [5.74, 6) is -0.482. The second-order valence-electron chi connectivity index (χ2n) is 3.73. The molecular weight excluding hydrogens is 252 g/mol. The molecule has 0 aliphatic carbocycles. The molecule has 0 fully saturated rings. The van der Waals surface area contributed by atoms with Crippen molar-refractivity contribution in [2.75, 3.05) is 20.3 Å². The molecule has 0 saturated carbocycles. The zero-order valence-corrected chi connectivity index (χ0v) is 9.80. The monoisotopic (exact) mass is 266 g/mol. The van der Waals surface area contributed by atoms with Crippen molar-refractivity contribution < 1.29 is 22.3 Å². The number of rotatable bonds is 6. The highest BCUT2D eigenvalue weighted by Crippen LogP contribution is 2.18. The van der Waals surface area contributed by atoms with Gasteiger partial charge in [-0.3, -0.25) is 4.98 Å². The Morgan fingerprint density at radius 3 is 2.67 bits per heavy atom. The molecule has 0 bridgehead atoms. The van der Waals surface area contributed by atoms with Gasteiger partial charge in [0, 0.05) is 18.8 Å². The molecule has 1 N–H and O–H groups in total. The molecule has 0 aliphatic rings. The fourth-order valence-electron chi connectivity index (χ4n) is 1.49. The van der Waals surface area contributed by atoms with Gasteiger partial charge in [-0.2, -0.15) is 13.2 Å². The summed E-state index contributed by atoms with van der Waals surface area (Å²) in [6, 6.07) is 0.999. The molecule has 7 heteroatoms. The maximum absolute atomic E-state index is 12.9. The lowest BCUT2D eigenvalue weighted by molar-refractivity contribution is -0.174. The Balaban J connectivity index is 2.43. The minimum absolute atomic E-state index is 0.0679. The highest BCUT2D eigenvalue weighted by molar-refractivity contribution is 5.14. The van der Waals surface area contributed by atoms with E-state index in [1.165, 1.54) is 12.3 Å². The van der Waals surface area contributed by atoms with Crippen molar-refractivity contribution in [3.8, 4) is 0 Å². The van der Waals surface area contributed by atoms with Gasteiger partial charge in [0.25, 0.3) is 0 Å². The Hall–Kier alpha value is -1.21. The van der Waals surface area contributed by atoms with Crippen LogP contribution in [0.3, 0.4) is 0 Å². The highest BCUT2D eigenvalue weighted by atomic mass is 19.4. The third-order valence-electron chi connectivity index (χ3n) is 2.29. The van der Waals surface area contributed by atoms with Crippen LogP contribution >= 0.6 is 0 Å². The highest BCUT2D eigenvalue weighted by Gasteiger charge is 2.27. The molecule has 0 aliphatic heterocycles. The fraction of sp³-hybridized carbons (Fsp3) is 0.545. The number of ether oxygens (including phenoxy) is 1. The minimum atomic E-state index is -4.32. The average Bonchev–Trinajstić information content (AvgIpc) is 2.27. The molecule has 18 heavy (non-hydrogen) atoms. The Morgan fingerprint density at radius 2 is 2.11 bits per heavy atom. The summed E-state index contributed by atoms with van der Waals surface area (Å²) >= 11 is 0.